The fourth-order valence-electron chi connectivity index (χ4n) is 2.77. The van der Waals surface area contributed by atoms with Crippen molar-refractivity contribution in [2.75, 3.05) is 11.1 Å². The maximum atomic E-state index is 13.6. The lowest BCUT2D eigenvalue weighted by Gasteiger charge is -2.34. The van der Waals surface area contributed by atoms with E-state index < -0.39 is 0 Å². The molecule has 0 heterocycles. The Kier molecular flexibility index (Phi) is 4.35. The summed E-state index contributed by atoms with van der Waals surface area (Å²) in [6, 6.07) is 3.61. The van der Waals surface area contributed by atoms with E-state index >= 15 is 0 Å². The van der Waals surface area contributed by atoms with Crippen LogP contribution in [-0.4, -0.2) is 6.04 Å². The predicted octanol–water partition coefficient (Wildman–Crippen LogP) is 4.25. The van der Waals surface area contributed by atoms with Crippen molar-refractivity contribution < 1.29 is 4.39 Å². The number of benzene rings is 1. The van der Waals surface area contributed by atoms with Crippen molar-refractivity contribution >= 4 is 34.0 Å². The maximum absolute atomic E-state index is 13.6. The zero-order chi connectivity index (χ0) is 13.3. The van der Waals surface area contributed by atoms with Crippen molar-refractivity contribution in [3.8, 4) is 0 Å². The molecule has 0 radical (unpaired) electrons. The van der Waals surface area contributed by atoms with Crippen LogP contribution in [0.4, 0.5) is 15.8 Å². The fraction of sp³-hybridized carbons (Fsp3) is 0.571. The Labute approximate surface area is 122 Å². The van der Waals surface area contributed by atoms with Gasteiger partial charge in [-0.1, -0.05) is 13.8 Å². The molecule has 1 aliphatic rings. The van der Waals surface area contributed by atoms with Crippen LogP contribution in [0.3, 0.4) is 0 Å². The minimum Gasteiger partial charge on any atom is -0.397 e. The van der Waals surface area contributed by atoms with E-state index in [1.165, 1.54) is 18.9 Å². The summed E-state index contributed by atoms with van der Waals surface area (Å²) in [7, 11) is 0. The van der Waals surface area contributed by atoms with E-state index in [2.05, 4.69) is 19.2 Å². The first-order chi connectivity index (χ1) is 8.47. The second-order valence-electron chi connectivity index (χ2n) is 5.50. The van der Waals surface area contributed by atoms with E-state index in [1.54, 1.807) is 6.07 Å². The number of halogens is 2. The molecule has 1 aliphatic carbocycles. The molecular formula is C14H20FIN2. The van der Waals surface area contributed by atoms with Gasteiger partial charge in [0.2, 0.25) is 0 Å². The van der Waals surface area contributed by atoms with Crippen LogP contribution < -0.4 is 11.1 Å². The molecule has 1 fully saturated rings. The highest BCUT2D eigenvalue weighted by Crippen LogP contribution is 2.33. The summed E-state index contributed by atoms with van der Waals surface area (Å²) in [5.74, 6) is 1.20. The van der Waals surface area contributed by atoms with Crippen molar-refractivity contribution in [2.45, 2.75) is 39.2 Å². The topological polar surface area (TPSA) is 38.0 Å². The van der Waals surface area contributed by atoms with E-state index in [9.17, 15) is 4.39 Å². The number of anilines is 2. The zero-order valence-corrected chi connectivity index (χ0v) is 13.0. The van der Waals surface area contributed by atoms with Crippen LogP contribution in [0.5, 0.6) is 0 Å². The molecule has 2 nitrogen and oxygen atoms in total. The number of hydrogen-bond donors (Lipinski definition) is 2. The first kappa shape index (κ1) is 13.9. The highest BCUT2D eigenvalue weighted by Gasteiger charge is 2.25. The molecule has 0 bridgehead atoms. The van der Waals surface area contributed by atoms with Gasteiger partial charge < -0.3 is 11.1 Å². The van der Waals surface area contributed by atoms with Crippen molar-refractivity contribution in [3.05, 3.63) is 21.5 Å². The second kappa shape index (κ2) is 5.63. The Morgan fingerprint density at radius 3 is 2.72 bits per heavy atom. The average molecular weight is 362 g/mol. The number of nitrogens with one attached hydrogen (secondary N) is 1. The van der Waals surface area contributed by atoms with Crippen LogP contribution in [0.2, 0.25) is 0 Å². The summed E-state index contributed by atoms with van der Waals surface area (Å²) in [5, 5.41) is 3.42. The fourth-order valence-corrected chi connectivity index (χ4v) is 3.26. The second-order valence-corrected chi connectivity index (χ2v) is 6.66. The Morgan fingerprint density at radius 1 is 1.33 bits per heavy atom. The third-order valence-corrected chi connectivity index (χ3v) is 4.69. The summed E-state index contributed by atoms with van der Waals surface area (Å²) < 4.78 is 14.1. The lowest BCUT2D eigenvalue weighted by Crippen LogP contribution is -2.33. The van der Waals surface area contributed by atoms with Crippen molar-refractivity contribution in [3.63, 3.8) is 0 Å². The highest BCUT2D eigenvalue weighted by atomic mass is 127. The molecule has 4 heteroatoms. The lowest BCUT2D eigenvalue weighted by molar-refractivity contribution is 0.276. The first-order valence-electron chi connectivity index (χ1n) is 6.48. The summed E-state index contributed by atoms with van der Waals surface area (Å²) in [5.41, 5.74) is 7.31. The molecule has 1 saturated carbocycles. The third-order valence-electron chi connectivity index (χ3n) is 3.86. The highest BCUT2D eigenvalue weighted by molar-refractivity contribution is 14.1. The van der Waals surface area contributed by atoms with Gasteiger partial charge in [0.1, 0.15) is 5.82 Å². The standard InChI is InChI=1S/C14H20FIN2/c1-8-3-4-13(9(2)5-8)18-14-6-10(15)11(16)7-12(14)17/h6-9,13,18H,3-5,17H2,1-2H3. The normalized spacial score (nSPS) is 28.1. The molecule has 0 saturated heterocycles. The summed E-state index contributed by atoms with van der Waals surface area (Å²) in [4.78, 5) is 0. The van der Waals surface area contributed by atoms with Gasteiger partial charge in [-0.15, -0.1) is 0 Å². The lowest BCUT2D eigenvalue weighted by atomic mass is 9.80. The minimum absolute atomic E-state index is 0.205. The molecule has 0 amide bonds. The van der Waals surface area contributed by atoms with E-state index in [4.69, 9.17) is 5.73 Å². The largest absolute Gasteiger partial charge is 0.397 e. The molecule has 1 aromatic rings. The van der Waals surface area contributed by atoms with Gasteiger partial charge >= 0.3 is 0 Å². The van der Waals surface area contributed by atoms with Crippen molar-refractivity contribution in [1.82, 2.24) is 0 Å². The van der Waals surface area contributed by atoms with E-state index in [0.717, 1.165) is 18.0 Å². The summed E-state index contributed by atoms with van der Waals surface area (Å²) in [6.45, 7) is 4.55. The van der Waals surface area contributed by atoms with E-state index in [0.29, 0.717) is 21.2 Å². The minimum atomic E-state index is -0.205. The molecule has 0 aliphatic heterocycles. The van der Waals surface area contributed by atoms with Gasteiger partial charge in [-0.05, 0) is 59.8 Å². The molecule has 1 aromatic carbocycles. The van der Waals surface area contributed by atoms with Crippen LogP contribution in [0.25, 0.3) is 0 Å². The Hall–Kier alpha value is -0.520. The van der Waals surface area contributed by atoms with Gasteiger partial charge in [0.25, 0.3) is 0 Å². The van der Waals surface area contributed by atoms with Crippen LogP contribution in [0, 0.1) is 21.2 Å². The molecule has 2 rings (SSSR count). The van der Waals surface area contributed by atoms with E-state index in [1.807, 2.05) is 22.6 Å². The first-order valence-corrected chi connectivity index (χ1v) is 7.56. The Balaban J connectivity index is 2.12. The molecular weight excluding hydrogens is 342 g/mol. The van der Waals surface area contributed by atoms with Crippen molar-refractivity contribution in [2.24, 2.45) is 11.8 Å². The molecule has 3 atom stereocenters. The molecule has 0 aromatic heterocycles. The van der Waals surface area contributed by atoms with Gasteiger partial charge in [0.05, 0.1) is 14.9 Å². The maximum Gasteiger partial charge on any atom is 0.138 e. The third kappa shape index (κ3) is 3.08. The summed E-state index contributed by atoms with van der Waals surface area (Å²) >= 11 is 1.96. The van der Waals surface area contributed by atoms with Crippen molar-refractivity contribution in [1.29, 1.82) is 0 Å². The van der Waals surface area contributed by atoms with Gasteiger partial charge in [-0.3, -0.25) is 0 Å². The number of nitrogen functional groups attached to an aromatic ring is 1. The van der Waals surface area contributed by atoms with Crippen LogP contribution in [0.15, 0.2) is 12.1 Å². The molecule has 100 valence electrons. The predicted molar refractivity (Wildman–Crippen MR) is 83.1 cm³/mol. The average Bonchev–Trinajstić information content (AvgIpc) is 2.29. The van der Waals surface area contributed by atoms with Crippen LogP contribution >= 0.6 is 22.6 Å². The Bertz CT molecular complexity index is 436. The quantitative estimate of drug-likeness (QED) is 0.610. The molecule has 3 unspecified atom stereocenters. The monoisotopic (exact) mass is 362 g/mol. The van der Waals surface area contributed by atoms with Crippen LogP contribution in [-0.2, 0) is 0 Å². The zero-order valence-electron chi connectivity index (χ0n) is 10.8. The van der Waals surface area contributed by atoms with Gasteiger partial charge in [0.15, 0.2) is 0 Å². The van der Waals surface area contributed by atoms with Gasteiger partial charge in [-0.25, -0.2) is 4.39 Å². The molecule has 0 spiro atoms. The van der Waals surface area contributed by atoms with Crippen LogP contribution in [0.1, 0.15) is 33.1 Å². The van der Waals surface area contributed by atoms with Gasteiger partial charge in [-0.2, -0.15) is 0 Å². The SMILES string of the molecule is CC1CCC(Nc2cc(F)c(I)cc2N)C(C)C1. The molecule has 3 N–H and O–H groups in total. The van der Waals surface area contributed by atoms with E-state index in [-0.39, 0.29) is 5.82 Å². The molecule has 18 heavy (non-hydrogen) atoms. The smallest absolute Gasteiger partial charge is 0.138 e. The van der Waals surface area contributed by atoms with Gasteiger partial charge in [0, 0.05) is 12.1 Å². The number of nitrogens with two attached hydrogens (primary N) is 1. The summed E-state index contributed by atoms with van der Waals surface area (Å²) in [6.07, 6.45) is 3.59. The Morgan fingerprint density at radius 2 is 2.06 bits per heavy atom. The number of hydrogen-bond acceptors (Lipinski definition) is 2. The number of rotatable bonds is 2.